The number of halogens is 1. The Labute approximate surface area is 167 Å². The fraction of sp³-hybridized carbons (Fsp3) is 0.368. The molecule has 2 atom stereocenters. The largest absolute Gasteiger partial charge is 0.369 e. The molecule has 29 heavy (non-hydrogen) atoms. The van der Waals surface area contributed by atoms with Crippen LogP contribution in [0.25, 0.3) is 11.1 Å². The maximum atomic E-state index is 15.5. The maximum Gasteiger partial charge on any atom is 0.220 e. The van der Waals surface area contributed by atoms with E-state index < -0.39 is 0 Å². The lowest BCUT2D eigenvalue weighted by atomic mass is 9.95. The van der Waals surface area contributed by atoms with E-state index in [0.29, 0.717) is 40.4 Å². The molecule has 0 saturated heterocycles. The molecule has 0 aromatic carbocycles. The number of nitrogens with two attached hydrogens (primary N) is 1. The monoisotopic (exact) mass is 399 g/mol. The van der Waals surface area contributed by atoms with Crippen molar-refractivity contribution in [2.45, 2.75) is 18.9 Å². The molecule has 0 amide bonds. The molecular weight excluding hydrogens is 377 g/mol. The average molecular weight is 399 g/mol. The van der Waals surface area contributed by atoms with Crippen LogP contribution >= 0.6 is 0 Å². The molecule has 9 nitrogen and oxygen atoms in total. The first kappa shape index (κ1) is 19.2. The zero-order valence-electron chi connectivity index (χ0n) is 16.4. The number of anilines is 2. The van der Waals surface area contributed by atoms with Crippen LogP contribution in [0, 0.1) is 5.82 Å². The number of rotatable bonds is 6. The number of nitrogens with one attached hydrogen (secondary N) is 1. The van der Waals surface area contributed by atoms with E-state index in [0.717, 1.165) is 0 Å². The van der Waals surface area contributed by atoms with Crippen LogP contribution in [0.2, 0.25) is 0 Å². The van der Waals surface area contributed by atoms with Crippen LogP contribution in [0.3, 0.4) is 0 Å². The molecule has 0 fully saturated rings. The van der Waals surface area contributed by atoms with E-state index in [1.165, 1.54) is 6.20 Å². The number of fused-ring (bicyclic) bond motifs is 1. The Kier molecular flexibility index (Phi) is 5.12. The van der Waals surface area contributed by atoms with Crippen molar-refractivity contribution in [2.75, 3.05) is 31.5 Å². The Morgan fingerprint density at radius 3 is 2.93 bits per heavy atom. The van der Waals surface area contributed by atoms with Crippen LogP contribution in [0.15, 0.2) is 24.7 Å². The summed E-state index contributed by atoms with van der Waals surface area (Å²) in [5.74, 6) is -0.0913. The molecule has 3 N–H and O–H groups in total. The summed E-state index contributed by atoms with van der Waals surface area (Å²) < 4.78 is 27.6. The first-order valence-corrected chi connectivity index (χ1v) is 9.14. The third kappa shape index (κ3) is 3.64. The fourth-order valence-corrected chi connectivity index (χ4v) is 3.43. The standard InChI is InChI=1S/C19H22FN7O2/c1-10(29-9-28-3)14-4-15(26-19(21)25-14)13-7-23-18-16(13)17(20)12(6-22-18)11-5-24-27(2)8-11/h4-6,8,10,13H,7,9H2,1-3H3,(H,22,23)(H2,21,25,26). The molecule has 4 rings (SSSR count). The van der Waals surface area contributed by atoms with E-state index in [4.69, 9.17) is 15.2 Å². The van der Waals surface area contributed by atoms with Gasteiger partial charge in [0.15, 0.2) is 0 Å². The number of ether oxygens (including phenoxy) is 2. The lowest BCUT2D eigenvalue weighted by molar-refractivity contribution is -0.0679. The number of aryl methyl sites for hydroxylation is 1. The minimum Gasteiger partial charge on any atom is -0.369 e. The van der Waals surface area contributed by atoms with E-state index in [2.05, 4.69) is 25.4 Å². The number of pyridine rings is 1. The summed E-state index contributed by atoms with van der Waals surface area (Å²) in [5, 5.41) is 7.27. The highest BCUT2D eigenvalue weighted by Gasteiger charge is 2.32. The van der Waals surface area contributed by atoms with Gasteiger partial charge in [-0.1, -0.05) is 0 Å². The second-order valence-corrected chi connectivity index (χ2v) is 6.88. The van der Waals surface area contributed by atoms with Crippen molar-refractivity contribution >= 4 is 11.8 Å². The number of methoxy groups -OCH3 is 1. The third-order valence-electron chi connectivity index (χ3n) is 4.88. The quantitative estimate of drug-likeness (QED) is 0.607. The van der Waals surface area contributed by atoms with Gasteiger partial charge in [0.1, 0.15) is 18.4 Å². The average Bonchev–Trinajstić information content (AvgIpc) is 3.32. The van der Waals surface area contributed by atoms with Gasteiger partial charge < -0.3 is 20.5 Å². The lowest BCUT2D eigenvalue weighted by Crippen LogP contribution is -2.13. The minimum atomic E-state index is -0.354. The number of nitrogen functional groups attached to an aromatic ring is 1. The third-order valence-corrected chi connectivity index (χ3v) is 4.88. The van der Waals surface area contributed by atoms with Gasteiger partial charge in [-0.2, -0.15) is 5.10 Å². The van der Waals surface area contributed by atoms with E-state index in [9.17, 15) is 0 Å². The predicted octanol–water partition coefficient (Wildman–Crippen LogP) is 2.23. The van der Waals surface area contributed by atoms with Crippen molar-refractivity contribution in [1.29, 1.82) is 0 Å². The number of hydrogen-bond donors (Lipinski definition) is 2. The molecule has 152 valence electrons. The molecule has 10 heteroatoms. The molecule has 0 bridgehead atoms. The summed E-state index contributed by atoms with van der Waals surface area (Å²) >= 11 is 0. The highest BCUT2D eigenvalue weighted by Crippen LogP contribution is 2.39. The van der Waals surface area contributed by atoms with Gasteiger partial charge in [0, 0.05) is 49.8 Å². The summed E-state index contributed by atoms with van der Waals surface area (Å²) in [6.07, 6.45) is 4.53. The Balaban J connectivity index is 1.73. The molecule has 0 spiro atoms. The first-order valence-electron chi connectivity index (χ1n) is 9.14. The number of aromatic nitrogens is 5. The summed E-state index contributed by atoms with van der Waals surface area (Å²) in [4.78, 5) is 13.0. The van der Waals surface area contributed by atoms with Gasteiger partial charge in [-0.05, 0) is 13.0 Å². The first-order chi connectivity index (χ1) is 14.0. The maximum absolute atomic E-state index is 15.5. The van der Waals surface area contributed by atoms with Crippen molar-refractivity contribution in [3.05, 3.63) is 47.4 Å². The zero-order chi connectivity index (χ0) is 20.5. The summed E-state index contributed by atoms with van der Waals surface area (Å²) in [7, 11) is 3.33. The molecular formula is C19H22FN7O2. The summed E-state index contributed by atoms with van der Waals surface area (Å²) in [6, 6.07) is 1.79. The Hall–Kier alpha value is -3.11. The van der Waals surface area contributed by atoms with Gasteiger partial charge in [0.25, 0.3) is 0 Å². The van der Waals surface area contributed by atoms with Gasteiger partial charge >= 0.3 is 0 Å². The van der Waals surface area contributed by atoms with Crippen molar-refractivity contribution in [2.24, 2.45) is 7.05 Å². The summed E-state index contributed by atoms with van der Waals surface area (Å²) in [5.41, 5.74) is 8.65. The number of hydrogen-bond acceptors (Lipinski definition) is 8. The molecule has 3 aromatic heterocycles. The van der Waals surface area contributed by atoms with Crippen LogP contribution in [0.5, 0.6) is 0 Å². The molecule has 1 aliphatic heterocycles. The van der Waals surface area contributed by atoms with E-state index in [1.807, 2.05) is 6.92 Å². The smallest absolute Gasteiger partial charge is 0.220 e. The van der Waals surface area contributed by atoms with Crippen LogP contribution in [0.4, 0.5) is 16.2 Å². The van der Waals surface area contributed by atoms with Gasteiger partial charge in [0.2, 0.25) is 5.95 Å². The van der Waals surface area contributed by atoms with Gasteiger partial charge in [-0.3, -0.25) is 4.68 Å². The van der Waals surface area contributed by atoms with Gasteiger partial charge in [0.05, 0.1) is 29.6 Å². The van der Waals surface area contributed by atoms with E-state index >= 15 is 4.39 Å². The van der Waals surface area contributed by atoms with Crippen LogP contribution in [-0.2, 0) is 16.5 Å². The summed E-state index contributed by atoms with van der Waals surface area (Å²) in [6.45, 7) is 2.42. The van der Waals surface area contributed by atoms with Crippen LogP contribution < -0.4 is 11.1 Å². The fourth-order valence-electron chi connectivity index (χ4n) is 3.43. The predicted molar refractivity (Wildman–Crippen MR) is 105 cm³/mol. The highest BCUT2D eigenvalue weighted by atomic mass is 19.1. The van der Waals surface area contributed by atoms with Crippen molar-refractivity contribution < 1.29 is 13.9 Å². The van der Waals surface area contributed by atoms with E-state index in [-0.39, 0.29) is 30.6 Å². The molecule has 2 unspecified atom stereocenters. The highest BCUT2D eigenvalue weighted by molar-refractivity contribution is 5.68. The SMILES string of the molecule is COCOC(C)c1cc(C2CNc3ncc(-c4cnn(C)c4)c(F)c32)nc(N)n1. The zero-order valence-corrected chi connectivity index (χ0v) is 16.4. The van der Waals surface area contributed by atoms with Crippen molar-refractivity contribution in [3.8, 4) is 11.1 Å². The second kappa shape index (κ2) is 7.72. The molecule has 0 saturated carbocycles. The molecule has 0 aliphatic carbocycles. The van der Waals surface area contributed by atoms with Gasteiger partial charge in [-0.25, -0.2) is 19.3 Å². The van der Waals surface area contributed by atoms with Crippen LogP contribution in [-0.4, -0.2) is 45.2 Å². The minimum absolute atomic E-state index is 0.107. The molecule has 3 aromatic rings. The Morgan fingerprint density at radius 1 is 1.38 bits per heavy atom. The topological polar surface area (TPSA) is 113 Å². The number of nitrogens with zero attached hydrogens (tertiary/aromatic N) is 5. The van der Waals surface area contributed by atoms with Crippen molar-refractivity contribution in [1.82, 2.24) is 24.7 Å². The van der Waals surface area contributed by atoms with Crippen LogP contribution in [0.1, 0.15) is 35.9 Å². The van der Waals surface area contributed by atoms with E-state index in [1.54, 1.807) is 37.3 Å². The van der Waals surface area contributed by atoms with Gasteiger partial charge in [-0.15, -0.1) is 0 Å². The molecule has 0 radical (unpaired) electrons. The Morgan fingerprint density at radius 2 is 2.21 bits per heavy atom. The van der Waals surface area contributed by atoms with Crippen molar-refractivity contribution in [3.63, 3.8) is 0 Å². The molecule has 4 heterocycles. The molecule has 1 aliphatic rings. The Bertz CT molecular complexity index is 1040. The lowest BCUT2D eigenvalue weighted by Gasteiger charge is -2.16. The normalized spacial score (nSPS) is 16.5. The second-order valence-electron chi connectivity index (χ2n) is 6.88.